The van der Waals surface area contributed by atoms with Crippen LogP contribution < -0.4 is 9.64 Å². The maximum absolute atomic E-state index is 13.4. The van der Waals surface area contributed by atoms with E-state index in [9.17, 15) is 19.5 Å². The van der Waals surface area contributed by atoms with Gasteiger partial charge in [-0.05, 0) is 54.8 Å². The summed E-state index contributed by atoms with van der Waals surface area (Å²) in [7, 11) is 2.80. The number of esters is 1. The Balaban J connectivity index is 1.91. The van der Waals surface area contributed by atoms with Gasteiger partial charge in [0.1, 0.15) is 11.5 Å². The molecule has 184 valence electrons. The lowest BCUT2D eigenvalue weighted by Crippen LogP contribution is -2.29. The lowest BCUT2D eigenvalue weighted by molar-refractivity contribution is -0.139. The molecule has 1 fully saturated rings. The van der Waals surface area contributed by atoms with E-state index in [0.717, 1.165) is 11.1 Å². The average molecular weight is 486 g/mol. The first-order valence-corrected chi connectivity index (χ1v) is 11.4. The second-order valence-electron chi connectivity index (χ2n) is 8.65. The summed E-state index contributed by atoms with van der Waals surface area (Å²) in [6.45, 7) is 3.76. The summed E-state index contributed by atoms with van der Waals surface area (Å²) in [5.41, 5.74) is 3.93. The van der Waals surface area contributed by atoms with Crippen LogP contribution in [0.15, 0.2) is 72.3 Å². The SMILES string of the molecule is COC(=O)Cc1ccc(N2C(=O)C(=O)/C(=C(/O)c3cc(C)ccc3OC)C2c2ccccc2C)cc1. The van der Waals surface area contributed by atoms with Gasteiger partial charge in [-0.1, -0.05) is 48.0 Å². The molecule has 0 bridgehead atoms. The average Bonchev–Trinajstić information content (AvgIpc) is 3.14. The lowest BCUT2D eigenvalue weighted by atomic mass is 9.92. The molecule has 4 rings (SSSR count). The molecule has 7 heteroatoms. The minimum atomic E-state index is -0.858. The molecular weight excluding hydrogens is 458 g/mol. The quantitative estimate of drug-likeness (QED) is 0.236. The molecule has 0 saturated carbocycles. The number of amides is 1. The molecule has 1 N–H and O–H groups in total. The van der Waals surface area contributed by atoms with E-state index in [1.807, 2.05) is 44.2 Å². The van der Waals surface area contributed by atoms with Crippen LogP contribution in [-0.2, 0) is 25.5 Å². The number of methoxy groups -OCH3 is 2. The van der Waals surface area contributed by atoms with Crippen molar-refractivity contribution in [2.75, 3.05) is 19.1 Å². The number of rotatable bonds is 6. The number of nitrogens with zero attached hydrogens (tertiary/aromatic N) is 1. The van der Waals surface area contributed by atoms with Gasteiger partial charge in [-0.15, -0.1) is 0 Å². The molecule has 1 heterocycles. The van der Waals surface area contributed by atoms with Crippen molar-refractivity contribution < 1.29 is 29.0 Å². The number of ketones is 1. The molecule has 0 aromatic heterocycles. The van der Waals surface area contributed by atoms with Gasteiger partial charge in [-0.3, -0.25) is 19.3 Å². The van der Waals surface area contributed by atoms with E-state index in [1.165, 1.54) is 19.1 Å². The largest absolute Gasteiger partial charge is 0.507 e. The minimum Gasteiger partial charge on any atom is -0.507 e. The van der Waals surface area contributed by atoms with Gasteiger partial charge < -0.3 is 14.6 Å². The Morgan fingerprint density at radius 2 is 1.67 bits per heavy atom. The molecule has 1 unspecified atom stereocenters. The summed E-state index contributed by atoms with van der Waals surface area (Å²) >= 11 is 0. The predicted molar refractivity (Wildman–Crippen MR) is 136 cm³/mol. The summed E-state index contributed by atoms with van der Waals surface area (Å²) in [5, 5.41) is 11.5. The molecule has 3 aromatic carbocycles. The molecule has 1 aliphatic heterocycles. The van der Waals surface area contributed by atoms with Gasteiger partial charge >= 0.3 is 5.97 Å². The van der Waals surface area contributed by atoms with Crippen LogP contribution in [0, 0.1) is 13.8 Å². The Labute approximate surface area is 209 Å². The highest BCUT2D eigenvalue weighted by atomic mass is 16.5. The van der Waals surface area contributed by atoms with E-state index < -0.39 is 17.7 Å². The number of ether oxygens (including phenoxy) is 2. The first-order chi connectivity index (χ1) is 17.3. The summed E-state index contributed by atoms with van der Waals surface area (Å²) in [6, 6.07) is 18.6. The van der Waals surface area contributed by atoms with Gasteiger partial charge in [0.05, 0.1) is 37.8 Å². The molecule has 0 aliphatic carbocycles. The van der Waals surface area contributed by atoms with E-state index >= 15 is 0 Å². The molecule has 1 saturated heterocycles. The standard InChI is InChI=1S/C29H27NO6/c1-17-9-14-23(35-3)22(15-17)27(32)25-26(21-8-6-5-7-18(21)2)30(29(34)28(25)33)20-12-10-19(11-13-20)16-24(31)36-4/h5-15,26,32H,16H2,1-4H3/b27-25+. The number of aryl methyl sites for hydroxylation is 2. The van der Waals surface area contributed by atoms with Crippen molar-refractivity contribution in [3.63, 3.8) is 0 Å². The number of hydrogen-bond donors (Lipinski definition) is 1. The highest BCUT2D eigenvalue weighted by Gasteiger charge is 2.47. The van der Waals surface area contributed by atoms with Crippen LogP contribution in [0.3, 0.4) is 0 Å². The van der Waals surface area contributed by atoms with Gasteiger partial charge in [0, 0.05) is 5.69 Å². The topological polar surface area (TPSA) is 93.1 Å². The molecule has 1 aliphatic rings. The van der Waals surface area contributed by atoms with Crippen molar-refractivity contribution in [3.05, 3.63) is 100 Å². The number of carbonyl (C=O) groups is 3. The van der Waals surface area contributed by atoms with Crippen LogP contribution >= 0.6 is 0 Å². The monoisotopic (exact) mass is 485 g/mol. The molecule has 1 amide bonds. The Morgan fingerprint density at radius 3 is 2.31 bits per heavy atom. The van der Waals surface area contributed by atoms with Crippen LogP contribution in [0.1, 0.15) is 33.9 Å². The lowest BCUT2D eigenvalue weighted by Gasteiger charge is -2.27. The Hall–Kier alpha value is -4.39. The molecule has 1 atom stereocenters. The van der Waals surface area contributed by atoms with Crippen molar-refractivity contribution >= 4 is 29.1 Å². The fourth-order valence-electron chi connectivity index (χ4n) is 4.45. The summed E-state index contributed by atoms with van der Waals surface area (Å²) in [6.07, 6.45) is 0.0873. The zero-order valence-corrected chi connectivity index (χ0v) is 20.6. The van der Waals surface area contributed by atoms with Gasteiger partial charge in [0.15, 0.2) is 0 Å². The summed E-state index contributed by atoms with van der Waals surface area (Å²) in [4.78, 5) is 39.9. The first-order valence-electron chi connectivity index (χ1n) is 11.4. The van der Waals surface area contributed by atoms with Crippen molar-refractivity contribution in [2.24, 2.45) is 0 Å². The third-order valence-corrected chi connectivity index (χ3v) is 6.33. The zero-order valence-electron chi connectivity index (χ0n) is 20.6. The number of anilines is 1. The van der Waals surface area contributed by atoms with Crippen molar-refractivity contribution in [3.8, 4) is 5.75 Å². The van der Waals surface area contributed by atoms with Crippen molar-refractivity contribution in [1.82, 2.24) is 0 Å². The predicted octanol–water partition coefficient (Wildman–Crippen LogP) is 4.65. The third-order valence-electron chi connectivity index (χ3n) is 6.33. The Kier molecular flexibility index (Phi) is 6.92. The Morgan fingerprint density at radius 1 is 0.972 bits per heavy atom. The maximum atomic E-state index is 13.4. The number of aliphatic hydroxyl groups excluding tert-OH is 1. The Bertz CT molecular complexity index is 1370. The number of benzene rings is 3. The van der Waals surface area contributed by atoms with Gasteiger partial charge in [0.2, 0.25) is 0 Å². The third kappa shape index (κ3) is 4.47. The molecule has 0 spiro atoms. The zero-order chi connectivity index (χ0) is 26.0. The number of hydrogen-bond acceptors (Lipinski definition) is 6. The van der Waals surface area contributed by atoms with Crippen LogP contribution in [0.25, 0.3) is 5.76 Å². The van der Waals surface area contributed by atoms with E-state index in [-0.39, 0.29) is 23.7 Å². The van der Waals surface area contributed by atoms with Crippen LogP contribution in [0.2, 0.25) is 0 Å². The maximum Gasteiger partial charge on any atom is 0.309 e. The summed E-state index contributed by atoms with van der Waals surface area (Å²) in [5.74, 6) is -1.83. The molecule has 7 nitrogen and oxygen atoms in total. The highest BCUT2D eigenvalue weighted by Crippen LogP contribution is 2.44. The van der Waals surface area contributed by atoms with Crippen molar-refractivity contribution in [2.45, 2.75) is 26.3 Å². The number of Topliss-reactive ketones (excluding diaryl/α,β-unsaturated/α-hetero) is 1. The molecular formula is C29H27NO6. The molecule has 36 heavy (non-hydrogen) atoms. The van der Waals surface area contributed by atoms with E-state index in [0.29, 0.717) is 28.1 Å². The highest BCUT2D eigenvalue weighted by molar-refractivity contribution is 6.51. The second-order valence-corrected chi connectivity index (χ2v) is 8.65. The minimum absolute atomic E-state index is 0.0168. The van der Waals surface area contributed by atoms with Gasteiger partial charge in [-0.2, -0.15) is 0 Å². The summed E-state index contributed by atoms with van der Waals surface area (Å²) < 4.78 is 10.2. The molecule has 0 radical (unpaired) electrons. The van der Waals surface area contributed by atoms with E-state index in [1.54, 1.807) is 36.4 Å². The smallest absolute Gasteiger partial charge is 0.309 e. The van der Waals surface area contributed by atoms with Gasteiger partial charge in [0.25, 0.3) is 11.7 Å². The number of aliphatic hydroxyl groups is 1. The second kappa shape index (κ2) is 10.1. The molecule has 3 aromatic rings. The fourth-order valence-corrected chi connectivity index (χ4v) is 4.45. The fraction of sp³-hybridized carbons (Fsp3) is 0.207. The first kappa shape index (κ1) is 24.7. The number of carbonyl (C=O) groups excluding carboxylic acids is 3. The van der Waals surface area contributed by atoms with Crippen LogP contribution in [0.4, 0.5) is 5.69 Å². The van der Waals surface area contributed by atoms with Gasteiger partial charge in [-0.25, -0.2) is 0 Å². The van der Waals surface area contributed by atoms with E-state index in [2.05, 4.69) is 0 Å². The van der Waals surface area contributed by atoms with E-state index in [4.69, 9.17) is 9.47 Å². The van der Waals surface area contributed by atoms with Crippen LogP contribution in [-0.4, -0.2) is 37.0 Å². The van der Waals surface area contributed by atoms with Crippen LogP contribution in [0.5, 0.6) is 5.75 Å². The normalized spacial score (nSPS) is 16.8. The van der Waals surface area contributed by atoms with Crippen molar-refractivity contribution in [1.29, 1.82) is 0 Å².